The summed E-state index contributed by atoms with van der Waals surface area (Å²) in [4.78, 5) is 11.7. The molecule has 0 aliphatic heterocycles. The topological polar surface area (TPSA) is 55.1 Å². The van der Waals surface area contributed by atoms with Crippen molar-refractivity contribution in [3.63, 3.8) is 0 Å². The van der Waals surface area contributed by atoms with E-state index >= 15 is 0 Å². The molecular weight excluding hydrogens is 220 g/mol. The van der Waals surface area contributed by atoms with Gasteiger partial charge in [0.15, 0.2) is 0 Å². The van der Waals surface area contributed by atoms with E-state index in [9.17, 15) is 4.79 Å². The normalized spacial score (nSPS) is 24.6. The second-order valence-corrected chi connectivity index (χ2v) is 5.25. The number of amides is 1. The maximum absolute atomic E-state index is 11.7. The third-order valence-electron chi connectivity index (χ3n) is 3.24. The quantitative estimate of drug-likeness (QED) is 0.841. The standard InChI is InChI=1S/C12H18N2OS/c13-11-3-1-2-10(11)6-12(15)14-7-9-4-5-16-8-9/h4-5,8,10-11H,1-3,6-7,13H2,(H,14,15)/t10-,11+/m0/s1. The third kappa shape index (κ3) is 3.06. The molecule has 3 nitrogen and oxygen atoms in total. The molecular formula is C12H18N2OS. The minimum atomic E-state index is 0.133. The van der Waals surface area contributed by atoms with E-state index in [4.69, 9.17) is 5.73 Å². The number of thiophene rings is 1. The summed E-state index contributed by atoms with van der Waals surface area (Å²) >= 11 is 1.65. The van der Waals surface area contributed by atoms with Crippen LogP contribution in [0.2, 0.25) is 0 Å². The molecule has 1 amide bonds. The monoisotopic (exact) mass is 238 g/mol. The van der Waals surface area contributed by atoms with Crippen LogP contribution in [0.5, 0.6) is 0 Å². The van der Waals surface area contributed by atoms with E-state index in [1.165, 1.54) is 12.0 Å². The van der Waals surface area contributed by atoms with Crippen LogP contribution in [0.1, 0.15) is 31.2 Å². The summed E-state index contributed by atoms with van der Waals surface area (Å²) < 4.78 is 0. The van der Waals surface area contributed by atoms with Gasteiger partial charge in [-0.25, -0.2) is 0 Å². The van der Waals surface area contributed by atoms with Gasteiger partial charge in [-0.05, 0) is 41.1 Å². The van der Waals surface area contributed by atoms with Crippen molar-refractivity contribution in [1.29, 1.82) is 0 Å². The Morgan fingerprint density at radius 2 is 2.44 bits per heavy atom. The Kier molecular flexibility index (Phi) is 3.96. The van der Waals surface area contributed by atoms with Gasteiger partial charge in [-0.2, -0.15) is 11.3 Å². The Morgan fingerprint density at radius 1 is 1.56 bits per heavy atom. The number of hydrogen-bond donors (Lipinski definition) is 2. The first-order valence-corrected chi connectivity index (χ1v) is 6.73. The van der Waals surface area contributed by atoms with Crippen LogP contribution in [0.4, 0.5) is 0 Å². The lowest BCUT2D eigenvalue weighted by Gasteiger charge is -2.14. The van der Waals surface area contributed by atoms with Crippen LogP contribution in [0.25, 0.3) is 0 Å². The molecule has 4 heteroatoms. The summed E-state index contributed by atoms with van der Waals surface area (Å²) in [5.74, 6) is 0.524. The van der Waals surface area contributed by atoms with Crippen molar-refractivity contribution in [2.24, 2.45) is 11.7 Å². The third-order valence-corrected chi connectivity index (χ3v) is 3.97. The number of nitrogens with two attached hydrogens (primary N) is 1. The lowest BCUT2D eigenvalue weighted by Crippen LogP contribution is -2.31. The molecule has 1 aromatic heterocycles. The molecule has 3 N–H and O–H groups in total. The predicted octanol–water partition coefficient (Wildman–Crippen LogP) is 1.88. The van der Waals surface area contributed by atoms with Crippen molar-refractivity contribution >= 4 is 17.2 Å². The number of hydrogen-bond acceptors (Lipinski definition) is 3. The van der Waals surface area contributed by atoms with Crippen LogP contribution in [-0.2, 0) is 11.3 Å². The summed E-state index contributed by atoms with van der Waals surface area (Å²) in [7, 11) is 0. The van der Waals surface area contributed by atoms with Crippen LogP contribution in [-0.4, -0.2) is 11.9 Å². The Balaban J connectivity index is 1.72. The van der Waals surface area contributed by atoms with E-state index in [-0.39, 0.29) is 11.9 Å². The first-order valence-electron chi connectivity index (χ1n) is 5.79. The predicted molar refractivity (Wildman–Crippen MR) is 66.1 cm³/mol. The molecule has 0 bridgehead atoms. The van der Waals surface area contributed by atoms with E-state index in [2.05, 4.69) is 10.7 Å². The van der Waals surface area contributed by atoms with Crippen LogP contribution < -0.4 is 11.1 Å². The molecule has 0 saturated heterocycles. The maximum Gasteiger partial charge on any atom is 0.220 e. The van der Waals surface area contributed by atoms with E-state index in [1.54, 1.807) is 11.3 Å². The molecule has 2 atom stereocenters. The Morgan fingerprint density at radius 3 is 3.06 bits per heavy atom. The molecule has 0 unspecified atom stereocenters. The van der Waals surface area contributed by atoms with E-state index < -0.39 is 0 Å². The lowest BCUT2D eigenvalue weighted by molar-refractivity contribution is -0.122. The molecule has 2 rings (SSSR count). The molecule has 1 aliphatic rings. The van der Waals surface area contributed by atoms with Crippen LogP contribution in [0.3, 0.4) is 0 Å². The van der Waals surface area contributed by atoms with Crippen molar-refractivity contribution in [3.8, 4) is 0 Å². The number of nitrogens with one attached hydrogen (secondary N) is 1. The number of carbonyl (C=O) groups excluding carboxylic acids is 1. The summed E-state index contributed by atoms with van der Waals surface area (Å²) in [5, 5.41) is 7.02. The largest absolute Gasteiger partial charge is 0.352 e. The first-order chi connectivity index (χ1) is 7.75. The van der Waals surface area contributed by atoms with Gasteiger partial charge in [0.05, 0.1) is 0 Å². The highest BCUT2D eigenvalue weighted by atomic mass is 32.1. The molecule has 16 heavy (non-hydrogen) atoms. The first kappa shape index (κ1) is 11.6. The van der Waals surface area contributed by atoms with Crippen LogP contribution in [0, 0.1) is 5.92 Å². The summed E-state index contributed by atoms with van der Waals surface area (Å²) in [6, 6.07) is 2.26. The van der Waals surface area contributed by atoms with Crippen LogP contribution >= 0.6 is 11.3 Å². The van der Waals surface area contributed by atoms with Gasteiger partial charge in [0, 0.05) is 19.0 Å². The molecule has 1 saturated carbocycles. The lowest BCUT2D eigenvalue weighted by atomic mass is 10.00. The molecule has 0 radical (unpaired) electrons. The number of carbonyl (C=O) groups is 1. The van der Waals surface area contributed by atoms with Gasteiger partial charge in [-0.3, -0.25) is 4.79 Å². The van der Waals surface area contributed by atoms with E-state index in [1.807, 2.05) is 11.4 Å². The van der Waals surface area contributed by atoms with Crippen LogP contribution in [0.15, 0.2) is 16.8 Å². The Labute approximate surface area is 100 Å². The zero-order valence-electron chi connectivity index (χ0n) is 9.32. The minimum absolute atomic E-state index is 0.133. The zero-order chi connectivity index (χ0) is 11.4. The minimum Gasteiger partial charge on any atom is -0.352 e. The fourth-order valence-corrected chi connectivity index (χ4v) is 2.89. The molecule has 1 heterocycles. The Hall–Kier alpha value is -0.870. The number of rotatable bonds is 4. The maximum atomic E-state index is 11.7. The highest BCUT2D eigenvalue weighted by Crippen LogP contribution is 2.26. The van der Waals surface area contributed by atoms with Crippen molar-refractivity contribution in [3.05, 3.63) is 22.4 Å². The van der Waals surface area contributed by atoms with Gasteiger partial charge in [-0.15, -0.1) is 0 Å². The van der Waals surface area contributed by atoms with E-state index in [0.717, 1.165) is 12.8 Å². The van der Waals surface area contributed by atoms with Crippen molar-refractivity contribution in [2.45, 2.75) is 38.3 Å². The smallest absolute Gasteiger partial charge is 0.220 e. The second kappa shape index (κ2) is 5.46. The molecule has 1 fully saturated rings. The van der Waals surface area contributed by atoms with Gasteiger partial charge in [0.25, 0.3) is 0 Å². The second-order valence-electron chi connectivity index (χ2n) is 4.47. The van der Waals surface area contributed by atoms with Crippen molar-refractivity contribution in [2.75, 3.05) is 0 Å². The van der Waals surface area contributed by atoms with Gasteiger partial charge < -0.3 is 11.1 Å². The van der Waals surface area contributed by atoms with Gasteiger partial charge in [0.1, 0.15) is 0 Å². The summed E-state index contributed by atoms with van der Waals surface area (Å²) in [6.07, 6.45) is 3.93. The van der Waals surface area contributed by atoms with E-state index in [0.29, 0.717) is 18.9 Å². The molecule has 88 valence electrons. The SMILES string of the molecule is N[C@@H]1CCC[C@H]1CC(=O)NCc1ccsc1. The fraction of sp³-hybridized carbons (Fsp3) is 0.583. The molecule has 0 spiro atoms. The van der Waals surface area contributed by atoms with Gasteiger partial charge in [0.2, 0.25) is 5.91 Å². The highest BCUT2D eigenvalue weighted by molar-refractivity contribution is 7.07. The molecule has 1 aliphatic carbocycles. The van der Waals surface area contributed by atoms with Gasteiger partial charge in [-0.1, -0.05) is 6.42 Å². The zero-order valence-corrected chi connectivity index (χ0v) is 10.1. The van der Waals surface area contributed by atoms with Crippen molar-refractivity contribution in [1.82, 2.24) is 5.32 Å². The fourth-order valence-electron chi connectivity index (χ4n) is 2.22. The summed E-state index contributed by atoms with van der Waals surface area (Å²) in [6.45, 7) is 0.643. The summed E-state index contributed by atoms with van der Waals surface area (Å²) in [5.41, 5.74) is 7.11. The highest BCUT2D eigenvalue weighted by Gasteiger charge is 2.25. The molecule has 1 aromatic rings. The average Bonchev–Trinajstić information content (AvgIpc) is 2.88. The van der Waals surface area contributed by atoms with Gasteiger partial charge >= 0.3 is 0 Å². The Bertz CT molecular complexity index is 337. The van der Waals surface area contributed by atoms with Crippen molar-refractivity contribution < 1.29 is 4.79 Å². The average molecular weight is 238 g/mol. The molecule has 0 aromatic carbocycles.